The number of urea groups is 1. The Morgan fingerprint density at radius 1 is 0.972 bits per heavy atom. The normalized spacial score (nSPS) is 20.4. The number of methoxy groups -OCH3 is 3. The third-order valence-electron chi connectivity index (χ3n) is 6.78. The van der Waals surface area contributed by atoms with E-state index in [1.807, 2.05) is 62.4 Å². The van der Waals surface area contributed by atoms with Gasteiger partial charge in [0, 0.05) is 23.2 Å². The molecule has 0 spiro atoms. The molecular formula is C28H28N2O6. The van der Waals surface area contributed by atoms with E-state index in [1.165, 1.54) is 26.2 Å². The zero-order chi connectivity index (χ0) is 25.6. The minimum atomic E-state index is -0.975. The summed E-state index contributed by atoms with van der Waals surface area (Å²) >= 11 is 0. The molecule has 0 radical (unpaired) electrons. The molecule has 36 heavy (non-hydrogen) atoms. The van der Waals surface area contributed by atoms with Gasteiger partial charge in [-0.2, -0.15) is 0 Å². The highest BCUT2D eigenvalue weighted by atomic mass is 16.5. The van der Waals surface area contributed by atoms with E-state index in [0.717, 1.165) is 11.1 Å². The molecule has 1 fully saturated rings. The Labute approximate surface area is 209 Å². The topological polar surface area (TPSA) is 77.5 Å². The average molecular weight is 489 g/mol. The molecule has 5 rings (SSSR count). The lowest BCUT2D eigenvalue weighted by molar-refractivity contribution is 0.00265. The van der Waals surface area contributed by atoms with Gasteiger partial charge in [-0.05, 0) is 44.2 Å². The minimum Gasteiger partial charge on any atom is -0.493 e. The van der Waals surface area contributed by atoms with Crippen molar-refractivity contribution in [2.24, 2.45) is 0 Å². The summed E-state index contributed by atoms with van der Waals surface area (Å²) in [4.78, 5) is 31.1. The molecule has 2 aliphatic heterocycles. The van der Waals surface area contributed by atoms with Crippen molar-refractivity contribution < 1.29 is 28.5 Å². The third kappa shape index (κ3) is 3.61. The number of fused-ring (bicyclic) bond motifs is 4. The number of imide groups is 1. The Morgan fingerprint density at radius 2 is 1.61 bits per heavy atom. The number of nitrogens with zero attached hydrogens (tertiary/aromatic N) is 2. The predicted octanol–water partition coefficient (Wildman–Crippen LogP) is 5.34. The van der Waals surface area contributed by atoms with E-state index in [4.69, 9.17) is 18.9 Å². The third-order valence-corrected chi connectivity index (χ3v) is 6.78. The standard InChI is InChI=1S/C28H28N2O6/c1-17-10-12-19(13-11-17)30-27(32)29(21-16-28(30,2)36-22-9-7-6-8-20(21)22)26(31)18-14-23(33-3)25(35-5)24(15-18)34-4/h6-15,21H,16H2,1-5H3/t21-,28+/m0/s1. The molecule has 0 saturated carbocycles. The first-order chi connectivity index (χ1) is 17.3. The van der Waals surface area contributed by atoms with E-state index < -0.39 is 23.7 Å². The maximum atomic E-state index is 14.2. The van der Waals surface area contributed by atoms with Gasteiger partial charge in [0.1, 0.15) is 5.75 Å². The summed E-state index contributed by atoms with van der Waals surface area (Å²) in [7, 11) is 4.46. The van der Waals surface area contributed by atoms with Crippen molar-refractivity contribution in [3.8, 4) is 23.0 Å². The number of ether oxygens (including phenoxy) is 4. The number of hydrogen-bond acceptors (Lipinski definition) is 6. The zero-order valence-electron chi connectivity index (χ0n) is 20.9. The second-order valence-corrected chi connectivity index (χ2v) is 9.08. The lowest BCUT2D eigenvalue weighted by Gasteiger charge is -2.53. The lowest BCUT2D eigenvalue weighted by atomic mass is 9.88. The Hall–Kier alpha value is -4.20. The van der Waals surface area contributed by atoms with Gasteiger partial charge < -0.3 is 18.9 Å². The number of rotatable bonds is 5. The quantitative estimate of drug-likeness (QED) is 0.482. The first-order valence-corrected chi connectivity index (χ1v) is 11.6. The Kier molecular flexibility index (Phi) is 5.74. The van der Waals surface area contributed by atoms with Gasteiger partial charge in [0.25, 0.3) is 5.91 Å². The van der Waals surface area contributed by atoms with Crippen molar-refractivity contribution >= 4 is 17.6 Å². The van der Waals surface area contributed by atoms with E-state index in [9.17, 15) is 9.59 Å². The molecule has 2 atom stereocenters. The molecule has 2 aliphatic rings. The minimum absolute atomic E-state index is 0.245. The SMILES string of the molecule is COc1cc(C(=O)N2C(=O)N(c3ccc(C)cc3)[C@@]3(C)C[C@H]2c2ccccc2O3)cc(OC)c1OC. The van der Waals surface area contributed by atoms with Gasteiger partial charge in [-0.25, -0.2) is 4.79 Å². The fourth-order valence-corrected chi connectivity index (χ4v) is 5.06. The number of carbonyl (C=O) groups excluding carboxylic acids is 2. The van der Waals surface area contributed by atoms with Crippen LogP contribution in [0.25, 0.3) is 0 Å². The number of anilines is 1. The molecular weight excluding hydrogens is 460 g/mol. The van der Waals surface area contributed by atoms with Crippen LogP contribution in [0.15, 0.2) is 60.7 Å². The van der Waals surface area contributed by atoms with E-state index in [0.29, 0.717) is 35.1 Å². The number of carbonyl (C=O) groups is 2. The monoisotopic (exact) mass is 488 g/mol. The fraction of sp³-hybridized carbons (Fsp3) is 0.286. The summed E-state index contributed by atoms with van der Waals surface area (Å²) in [6.07, 6.45) is 0.403. The Bertz CT molecular complexity index is 1310. The maximum absolute atomic E-state index is 14.2. The van der Waals surface area contributed by atoms with Crippen LogP contribution in [0.1, 0.15) is 40.9 Å². The van der Waals surface area contributed by atoms with Crippen LogP contribution >= 0.6 is 0 Å². The van der Waals surface area contributed by atoms with Crippen LogP contribution in [-0.4, -0.2) is 43.9 Å². The molecule has 3 aromatic carbocycles. The van der Waals surface area contributed by atoms with Crippen molar-refractivity contribution in [3.63, 3.8) is 0 Å². The highest BCUT2D eigenvalue weighted by Crippen LogP contribution is 2.50. The van der Waals surface area contributed by atoms with Crippen LogP contribution in [0.5, 0.6) is 23.0 Å². The van der Waals surface area contributed by atoms with Crippen LogP contribution in [0.2, 0.25) is 0 Å². The second kappa shape index (κ2) is 8.78. The van der Waals surface area contributed by atoms with E-state index >= 15 is 0 Å². The number of para-hydroxylation sites is 1. The number of hydrogen-bond donors (Lipinski definition) is 0. The molecule has 2 heterocycles. The Balaban J connectivity index is 1.67. The maximum Gasteiger partial charge on any atom is 0.335 e. The van der Waals surface area contributed by atoms with E-state index in [2.05, 4.69) is 0 Å². The van der Waals surface area contributed by atoms with Crippen molar-refractivity contribution in [2.75, 3.05) is 26.2 Å². The van der Waals surface area contributed by atoms with Gasteiger partial charge >= 0.3 is 6.03 Å². The molecule has 2 bridgehead atoms. The van der Waals surface area contributed by atoms with Crippen molar-refractivity contribution in [1.82, 2.24) is 4.90 Å². The summed E-state index contributed by atoms with van der Waals surface area (Å²) in [6, 6.07) is 17.3. The molecule has 8 nitrogen and oxygen atoms in total. The smallest absolute Gasteiger partial charge is 0.335 e. The highest BCUT2D eigenvalue weighted by molar-refractivity contribution is 6.11. The van der Waals surface area contributed by atoms with Crippen LogP contribution in [0.3, 0.4) is 0 Å². The lowest BCUT2D eigenvalue weighted by Crippen LogP contribution is -2.67. The first kappa shape index (κ1) is 23.5. The average Bonchev–Trinajstić information content (AvgIpc) is 2.88. The summed E-state index contributed by atoms with van der Waals surface area (Å²) in [5.41, 5.74) is 1.76. The van der Waals surface area contributed by atoms with Gasteiger partial charge in [0.2, 0.25) is 5.75 Å². The molecule has 3 aromatic rings. The highest BCUT2D eigenvalue weighted by Gasteiger charge is 2.55. The van der Waals surface area contributed by atoms with Crippen molar-refractivity contribution in [2.45, 2.75) is 32.0 Å². The first-order valence-electron chi connectivity index (χ1n) is 11.6. The number of aryl methyl sites for hydroxylation is 1. The summed E-state index contributed by atoms with van der Waals surface area (Å²) in [6.45, 7) is 3.86. The van der Waals surface area contributed by atoms with Gasteiger partial charge in [-0.1, -0.05) is 35.9 Å². The van der Waals surface area contributed by atoms with Gasteiger partial charge in [0.15, 0.2) is 17.2 Å². The second-order valence-electron chi connectivity index (χ2n) is 9.08. The largest absolute Gasteiger partial charge is 0.493 e. The molecule has 186 valence electrons. The number of benzene rings is 3. The van der Waals surface area contributed by atoms with E-state index in [-0.39, 0.29) is 5.56 Å². The molecule has 0 aromatic heterocycles. The van der Waals surface area contributed by atoms with Crippen molar-refractivity contribution in [3.05, 3.63) is 77.4 Å². The van der Waals surface area contributed by atoms with Crippen LogP contribution in [0.4, 0.5) is 10.5 Å². The summed E-state index contributed by atoms with van der Waals surface area (Å²) in [5, 5.41) is 0. The molecule has 1 saturated heterocycles. The van der Waals surface area contributed by atoms with Gasteiger partial charge in [-0.15, -0.1) is 0 Å². The summed E-state index contributed by atoms with van der Waals surface area (Å²) in [5.74, 6) is 1.20. The predicted molar refractivity (Wildman–Crippen MR) is 134 cm³/mol. The van der Waals surface area contributed by atoms with Crippen LogP contribution in [0, 0.1) is 6.92 Å². The molecule has 0 N–H and O–H groups in total. The fourth-order valence-electron chi connectivity index (χ4n) is 5.06. The molecule has 0 aliphatic carbocycles. The van der Waals surface area contributed by atoms with Crippen LogP contribution in [-0.2, 0) is 0 Å². The molecule has 3 amide bonds. The zero-order valence-corrected chi connectivity index (χ0v) is 20.9. The molecule has 8 heteroatoms. The Morgan fingerprint density at radius 3 is 2.22 bits per heavy atom. The summed E-state index contributed by atoms with van der Waals surface area (Å²) < 4.78 is 22.7. The van der Waals surface area contributed by atoms with Crippen molar-refractivity contribution in [1.29, 1.82) is 0 Å². The van der Waals surface area contributed by atoms with Crippen LogP contribution < -0.4 is 23.8 Å². The van der Waals surface area contributed by atoms with E-state index in [1.54, 1.807) is 17.0 Å². The number of amides is 3. The van der Waals surface area contributed by atoms with Gasteiger partial charge in [0.05, 0.1) is 27.4 Å². The molecule has 0 unspecified atom stereocenters. The van der Waals surface area contributed by atoms with Gasteiger partial charge in [-0.3, -0.25) is 14.6 Å².